The summed E-state index contributed by atoms with van der Waals surface area (Å²) in [6.45, 7) is 32.7. The van der Waals surface area contributed by atoms with Crippen LogP contribution >= 0.6 is 0 Å². The van der Waals surface area contributed by atoms with Crippen molar-refractivity contribution in [1.29, 1.82) is 0 Å². The van der Waals surface area contributed by atoms with E-state index in [1.165, 1.54) is 50.0 Å². The van der Waals surface area contributed by atoms with Gasteiger partial charge < -0.3 is 14.5 Å². The van der Waals surface area contributed by atoms with Gasteiger partial charge in [0.15, 0.2) is 0 Å². The number of pyridine rings is 1. The van der Waals surface area contributed by atoms with Gasteiger partial charge in [-0.2, -0.15) is 0 Å². The maximum atomic E-state index is 7.21. The molecule has 5 aromatic carbocycles. The van der Waals surface area contributed by atoms with Crippen LogP contribution in [0.3, 0.4) is 0 Å². The van der Waals surface area contributed by atoms with Crippen LogP contribution in [0, 0.1) is 5.41 Å². The molecule has 0 radical (unpaired) electrons. The number of anilines is 2. The number of benzene rings is 5. The van der Waals surface area contributed by atoms with E-state index in [4.69, 9.17) is 9.72 Å². The predicted molar refractivity (Wildman–Crippen MR) is 264 cm³/mol. The Hall–Kier alpha value is -5.81. The van der Waals surface area contributed by atoms with E-state index < -0.39 is 0 Å². The van der Waals surface area contributed by atoms with Crippen molar-refractivity contribution in [2.24, 2.45) is 5.41 Å². The zero-order valence-corrected chi connectivity index (χ0v) is 39.6. The lowest BCUT2D eigenvalue weighted by atomic mass is 9.78. The molecular weight excluding hydrogens is 757 g/mol. The van der Waals surface area contributed by atoms with Crippen LogP contribution in [-0.2, 0) is 21.7 Å². The molecule has 0 fully saturated rings. The Kier molecular flexibility index (Phi) is 10.5. The number of hydrogen-bond acceptors (Lipinski definition) is 4. The zero-order chi connectivity index (χ0) is 44.6. The predicted octanol–water partition coefficient (Wildman–Crippen LogP) is 15.4. The van der Waals surface area contributed by atoms with Gasteiger partial charge in [-0.3, -0.25) is 4.57 Å². The topological polar surface area (TPSA) is 33.5 Å². The van der Waals surface area contributed by atoms with Crippen LogP contribution < -0.4 is 14.5 Å². The van der Waals surface area contributed by atoms with Gasteiger partial charge in [0, 0.05) is 63.2 Å². The Balaban J connectivity index is 1.30. The third kappa shape index (κ3) is 8.15. The minimum absolute atomic E-state index is 0.0242. The van der Waals surface area contributed by atoms with E-state index in [0.29, 0.717) is 6.67 Å². The van der Waals surface area contributed by atoms with E-state index >= 15 is 0 Å². The van der Waals surface area contributed by atoms with E-state index in [1.54, 1.807) is 0 Å². The van der Waals surface area contributed by atoms with Gasteiger partial charge in [0.2, 0.25) is 0 Å². The Morgan fingerprint density at radius 2 is 1.15 bits per heavy atom. The molecule has 2 aromatic heterocycles. The lowest BCUT2D eigenvalue weighted by molar-refractivity contribution is 0.477. The van der Waals surface area contributed by atoms with E-state index in [9.17, 15) is 0 Å². The summed E-state index contributed by atoms with van der Waals surface area (Å²) in [4.78, 5) is 9.86. The molecule has 1 aliphatic rings. The van der Waals surface area contributed by atoms with Crippen LogP contribution in [0.25, 0.3) is 27.6 Å². The molecule has 5 nitrogen and oxygen atoms in total. The third-order valence-corrected chi connectivity index (χ3v) is 12.7. The number of aromatic nitrogens is 2. The lowest BCUT2D eigenvalue weighted by Crippen LogP contribution is -2.30. The summed E-state index contributed by atoms with van der Waals surface area (Å²) in [6.07, 6.45) is 4.29. The average Bonchev–Trinajstić information content (AvgIpc) is 3.81. The first-order valence-corrected chi connectivity index (χ1v) is 22.3. The summed E-state index contributed by atoms with van der Waals surface area (Å²) in [5.74, 6) is 2.50. The third-order valence-electron chi connectivity index (χ3n) is 12.7. The highest BCUT2D eigenvalue weighted by Crippen LogP contribution is 2.45. The zero-order valence-electron chi connectivity index (χ0n) is 39.6. The number of ether oxygens (including phenoxy) is 1. The van der Waals surface area contributed by atoms with E-state index in [2.05, 4.69) is 239 Å². The van der Waals surface area contributed by atoms with Gasteiger partial charge in [-0.25, -0.2) is 4.98 Å². The second-order valence-corrected chi connectivity index (χ2v) is 22.0. The summed E-state index contributed by atoms with van der Waals surface area (Å²) in [6, 6.07) is 44.4. The molecule has 62 heavy (non-hydrogen) atoms. The normalized spacial score (nSPS) is 14.3. The number of fused-ring (bicyclic) bond motifs is 3. The maximum absolute atomic E-state index is 7.21. The van der Waals surface area contributed by atoms with Crippen LogP contribution in [-0.4, -0.2) is 16.2 Å². The molecule has 5 heteroatoms. The fourth-order valence-corrected chi connectivity index (χ4v) is 8.90. The number of nitrogens with zero attached hydrogens (tertiary/aromatic N) is 4. The molecule has 7 aromatic rings. The Morgan fingerprint density at radius 3 is 1.79 bits per heavy atom. The van der Waals surface area contributed by atoms with Gasteiger partial charge in [0.1, 0.15) is 17.3 Å². The van der Waals surface area contributed by atoms with Crippen LogP contribution in [0.1, 0.15) is 125 Å². The fraction of sp³-hybridized carbons (Fsp3) is 0.351. The first-order chi connectivity index (χ1) is 29.0. The standard InChI is InChI=1S/C57H66N4O/c1-53(2,3)38-24-26-42(27-25-38)60-37-59(36-50(60)56(10,11)12)43-30-41(57(13,14)39-20-16-15-17-21-39)31-44(33-43)62-45-34-47(55(7,8)9)52-46-22-18-19-23-48(46)61(49(52)35-45)51-32-40(28-29-58-51)54(4,5)6/h15-36H,37H2,1-14H3. The van der Waals surface area contributed by atoms with Gasteiger partial charge in [0.05, 0.1) is 17.7 Å². The monoisotopic (exact) mass is 823 g/mol. The first kappa shape index (κ1) is 42.9. The van der Waals surface area contributed by atoms with Crippen molar-refractivity contribution in [1.82, 2.24) is 9.55 Å². The number of allylic oxidation sites excluding steroid dienone is 1. The van der Waals surface area contributed by atoms with Crippen LogP contribution in [0.4, 0.5) is 11.4 Å². The Morgan fingerprint density at radius 1 is 0.500 bits per heavy atom. The summed E-state index contributed by atoms with van der Waals surface area (Å²) in [5.41, 5.74) is 11.5. The van der Waals surface area contributed by atoms with Crippen molar-refractivity contribution in [2.75, 3.05) is 16.5 Å². The molecule has 0 amide bonds. The Labute approximate surface area is 371 Å². The minimum Gasteiger partial charge on any atom is -0.457 e. The van der Waals surface area contributed by atoms with Crippen molar-refractivity contribution < 1.29 is 4.74 Å². The van der Waals surface area contributed by atoms with Crippen molar-refractivity contribution in [3.05, 3.63) is 167 Å². The summed E-state index contributed by atoms with van der Waals surface area (Å²) in [5, 5.41) is 2.44. The van der Waals surface area contributed by atoms with Crippen molar-refractivity contribution in [3.63, 3.8) is 0 Å². The number of rotatable bonds is 7. The molecule has 1 aliphatic heterocycles. The second kappa shape index (κ2) is 15.2. The molecule has 3 heterocycles. The quantitative estimate of drug-likeness (QED) is 0.160. The van der Waals surface area contributed by atoms with Crippen molar-refractivity contribution in [3.8, 4) is 17.3 Å². The number of para-hydroxylation sites is 1. The molecule has 0 atom stereocenters. The molecule has 0 saturated carbocycles. The second-order valence-electron chi connectivity index (χ2n) is 22.0. The number of hydrogen-bond donors (Lipinski definition) is 0. The van der Waals surface area contributed by atoms with E-state index in [1.807, 2.05) is 6.20 Å². The summed E-state index contributed by atoms with van der Waals surface area (Å²) < 4.78 is 9.54. The SMILES string of the molecule is CC(C)(C)C1=CN(c2cc(Oc3cc(C(C)(C)C)c4c5ccccc5n(-c5cc(C(C)(C)C)ccn5)c4c3)cc(C(C)(C)c3ccccc3)c2)CN1c1ccc(C(C)(C)C)cc1. The van der Waals surface area contributed by atoms with Crippen molar-refractivity contribution >= 4 is 33.2 Å². The highest BCUT2D eigenvalue weighted by molar-refractivity contribution is 6.11. The van der Waals surface area contributed by atoms with Crippen LogP contribution in [0.15, 0.2) is 139 Å². The minimum atomic E-state index is -0.301. The van der Waals surface area contributed by atoms with E-state index in [0.717, 1.165) is 34.0 Å². The van der Waals surface area contributed by atoms with Gasteiger partial charge in [-0.15, -0.1) is 0 Å². The highest BCUT2D eigenvalue weighted by atomic mass is 16.5. The fourth-order valence-electron chi connectivity index (χ4n) is 8.90. The molecule has 8 rings (SSSR count). The van der Waals surface area contributed by atoms with E-state index in [-0.39, 0.29) is 27.1 Å². The highest BCUT2D eigenvalue weighted by Gasteiger charge is 2.33. The molecule has 0 N–H and O–H groups in total. The average molecular weight is 823 g/mol. The molecule has 0 saturated heterocycles. The van der Waals surface area contributed by atoms with Gasteiger partial charge in [-0.1, -0.05) is 158 Å². The van der Waals surface area contributed by atoms with Crippen LogP contribution in [0.2, 0.25) is 0 Å². The molecular formula is C57H66N4O. The van der Waals surface area contributed by atoms with Crippen molar-refractivity contribution in [2.45, 2.75) is 119 Å². The largest absolute Gasteiger partial charge is 0.457 e. The summed E-state index contributed by atoms with van der Waals surface area (Å²) in [7, 11) is 0. The smallest absolute Gasteiger partial charge is 0.137 e. The molecule has 0 unspecified atom stereocenters. The Bertz CT molecular complexity index is 2800. The lowest BCUT2D eigenvalue weighted by Gasteiger charge is -2.32. The van der Waals surface area contributed by atoms with Gasteiger partial charge in [0.25, 0.3) is 0 Å². The van der Waals surface area contributed by atoms with Gasteiger partial charge >= 0.3 is 0 Å². The van der Waals surface area contributed by atoms with Crippen LogP contribution in [0.5, 0.6) is 11.5 Å². The molecule has 0 bridgehead atoms. The molecule has 320 valence electrons. The maximum Gasteiger partial charge on any atom is 0.137 e. The molecule has 0 aliphatic carbocycles. The first-order valence-electron chi connectivity index (χ1n) is 22.3. The van der Waals surface area contributed by atoms with Gasteiger partial charge in [-0.05, 0) is 92.6 Å². The summed E-state index contributed by atoms with van der Waals surface area (Å²) >= 11 is 0. The molecule has 0 spiro atoms.